The van der Waals surface area contributed by atoms with E-state index < -0.39 is 29.6 Å². The van der Waals surface area contributed by atoms with Crippen molar-refractivity contribution < 1.29 is 33.2 Å². The van der Waals surface area contributed by atoms with Crippen LogP contribution in [0.4, 0.5) is 4.39 Å². The topological polar surface area (TPSA) is 58.6 Å². The second-order valence-electron chi connectivity index (χ2n) is 11.0. The van der Waals surface area contributed by atoms with Gasteiger partial charge in [-0.3, -0.25) is 4.84 Å². The standard InChI is InChI=1S/C25H32FNO6/c1-14-4-7-20-24(13-19-17-6-5-16(28-3)12-15(17)9-11-27(19)31-24)21(26)29-22-25(20)18(14)8-10-23(2,30-22)32-33-25/h5-6,12,14,18-22H,4,7-11,13H2,1-3H3/t14-,18+,19-,20+,21+,22-,23-,24-,25-/m1/s1. The van der Waals surface area contributed by atoms with Crippen molar-refractivity contribution in [2.45, 2.75) is 88.1 Å². The predicted octanol–water partition coefficient (Wildman–Crippen LogP) is 4.21. The number of benzene rings is 1. The zero-order valence-corrected chi connectivity index (χ0v) is 19.4. The molecule has 8 rings (SSSR count). The number of alkyl halides is 1. The summed E-state index contributed by atoms with van der Waals surface area (Å²) in [7, 11) is 1.68. The van der Waals surface area contributed by atoms with Crippen molar-refractivity contribution in [1.82, 2.24) is 5.06 Å². The highest BCUT2D eigenvalue weighted by Gasteiger charge is 2.76. The van der Waals surface area contributed by atoms with Crippen molar-refractivity contribution in [3.63, 3.8) is 0 Å². The number of rotatable bonds is 1. The zero-order valence-electron chi connectivity index (χ0n) is 19.4. The summed E-state index contributed by atoms with van der Waals surface area (Å²) in [6, 6.07) is 6.13. The Bertz CT molecular complexity index is 978. The normalized spacial score (nSPS) is 50.4. The quantitative estimate of drug-likeness (QED) is 0.581. The van der Waals surface area contributed by atoms with Gasteiger partial charge in [0.05, 0.1) is 13.2 Å². The molecule has 9 atom stereocenters. The Kier molecular flexibility index (Phi) is 4.39. The number of hydrogen-bond acceptors (Lipinski definition) is 7. The van der Waals surface area contributed by atoms with Crippen LogP contribution >= 0.6 is 0 Å². The molecule has 0 radical (unpaired) electrons. The monoisotopic (exact) mass is 461 g/mol. The summed E-state index contributed by atoms with van der Waals surface area (Å²) in [5, 5.41) is 1.97. The molecule has 8 heteroatoms. The number of methoxy groups -OCH3 is 1. The first-order valence-corrected chi connectivity index (χ1v) is 12.4. The van der Waals surface area contributed by atoms with Gasteiger partial charge < -0.3 is 14.2 Å². The summed E-state index contributed by atoms with van der Waals surface area (Å²) in [6.45, 7) is 4.82. The molecule has 6 fully saturated rings. The lowest BCUT2D eigenvalue weighted by Gasteiger charge is -2.62. The number of hydrogen-bond donors (Lipinski definition) is 0. The Balaban J connectivity index is 1.31. The van der Waals surface area contributed by atoms with E-state index in [-0.39, 0.29) is 17.9 Å². The van der Waals surface area contributed by atoms with Gasteiger partial charge in [-0.05, 0) is 67.7 Å². The van der Waals surface area contributed by atoms with Crippen LogP contribution in [0.2, 0.25) is 0 Å². The maximum atomic E-state index is 16.1. The maximum Gasteiger partial charge on any atom is 0.233 e. The highest BCUT2D eigenvalue weighted by Crippen LogP contribution is 2.65. The minimum Gasteiger partial charge on any atom is -0.497 e. The van der Waals surface area contributed by atoms with Crippen LogP contribution in [0.5, 0.6) is 5.75 Å². The van der Waals surface area contributed by atoms with Gasteiger partial charge in [0.15, 0.2) is 17.5 Å². The van der Waals surface area contributed by atoms with Crippen molar-refractivity contribution in [2.24, 2.45) is 17.8 Å². The van der Waals surface area contributed by atoms with E-state index in [1.54, 1.807) is 7.11 Å². The third kappa shape index (κ3) is 2.65. The van der Waals surface area contributed by atoms with Gasteiger partial charge in [-0.15, -0.1) is 0 Å². The minimum atomic E-state index is -1.61. The fourth-order valence-corrected chi connectivity index (χ4v) is 7.74. The number of halogens is 1. The van der Waals surface area contributed by atoms with Gasteiger partial charge in [0.1, 0.15) is 5.75 Å². The van der Waals surface area contributed by atoms with Crippen LogP contribution in [0.25, 0.3) is 0 Å². The summed E-state index contributed by atoms with van der Waals surface area (Å²) in [5.74, 6) is 0.277. The van der Waals surface area contributed by atoms with E-state index in [2.05, 4.69) is 19.1 Å². The van der Waals surface area contributed by atoms with E-state index >= 15 is 4.39 Å². The second-order valence-corrected chi connectivity index (χ2v) is 11.0. The SMILES string of the molecule is COc1ccc2c(c1)CCN1O[C@@]3(C[C@H]21)[C@@H](F)O[C@@H]1O[C@@]2(C)CC[C@H]4[C@H](C)CC[C@@H]3[C@@]14OO2. The molecule has 180 valence electrons. The van der Waals surface area contributed by atoms with E-state index in [0.717, 1.165) is 31.4 Å². The first-order valence-electron chi connectivity index (χ1n) is 12.4. The largest absolute Gasteiger partial charge is 0.497 e. The van der Waals surface area contributed by atoms with E-state index in [1.807, 2.05) is 18.1 Å². The third-order valence-corrected chi connectivity index (χ3v) is 9.39. The average Bonchev–Trinajstić information content (AvgIpc) is 3.07. The van der Waals surface area contributed by atoms with Gasteiger partial charge in [0.25, 0.3) is 0 Å². The molecule has 0 N–H and O–H groups in total. The molecule has 0 unspecified atom stereocenters. The molecule has 1 saturated carbocycles. The maximum absolute atomic E-state index is 16.1. The molecule has 1 aliphatic carbocycles. The van der Waals surface area contributed by atoms with Gasteiger partial charge >= 0.3 is 0 Å². The number of ether oxygens (including phenoxy) is 3. The Morgan fingerprint density at radius 3 is 2.91 bits per heavy atom. The first-order chi connectivity index (χ1) is 15.9. The molecule has 2 spiro atoms. The molecule has 6 aliphatic heterocycles. The zero-order chi connectivity index (χ0) is 22.6. The van der Waals surface area contributed by atoms with Crippen molar-refractivity contribution in [3.8, 4) is 5.75 Å². The van der Waals surface area contributed by atoms with Crippen LogP contribution in [0.15, 0.2) is 18.2 Å². The first kappa shape index (κ1) is 21.0. The highest BCUT2D eigenvalue weighted by molar-refractivity contribution is 5.40. The number of fused-ring (bicyclic) bond motifs is 6. The molecular weight excluding hydrogens is 429 g/mol. The molecular formula is C25H32FNO6. The van der Waals surface area contributed by atoms with E-state index in [9.17, 15) is 0 Å². The van der Waals surface area contributed by atoms with Crippen LogP contribution in [0, 0.1) is 17.8 Å². The fraction of sp³-hybridized carbons (Fsp3) is 0.760. The lowest BCUT2D eigenvalue weighted by Crippen LogP contribution is -2.75. The van der Waals surface area contributed by atoms with Crippen LogP contribution in [0.1, 0.15) is 63.1 Å². The molecule has 1 aromatic rings. The van der Waals surface area contributed by atoms with Crippen molar-refractivity contribution >= 4 is 0 Å². The Hall–Kier alpha value is -1.29. The van der Waals surface area contributed by atoms with Gasteiger partial charge in [-0.2, -0.15) is 5.06 Å². The summed E-state index contributed by atoms with van der Waals surface area (Å²) in [4.78, 5) is 18.8. The molecule has 2 bridgehead atoms. The lowest BCUT2D eigenvalue weighted by molar-refractivity contribution is -0.583. The van der Waals surface area contributed by atoms with Gasteiger partial charge in [-0.25, -0.2) is 14.2 Å². The Morgan fingerprint density at radius 2 is 2.06 bits per heavy atom. The molecule has 6 heterocycles. The highest BCUT2D eigenvalue weighted by atomic mass is 19.1. The summed E-state index contributed by atoms with van der Waals surface area (Å²) >= 11 is 0. The molecule has 7 nitrogen and oxygen atoms in total. The molecule has 33 heavy (non-hydrogen) atoms. The van der Waals surface area contributed by atoms with Crippen LogP contribution in [-0.2, 0) is 30.5 Å². The number of hydroxylamine groups is 2. The van der Waals surface area contributed by atoms with Gasteiger partial charge in [-0.1, -0.05) is 13.0 Å². The predicted molar refractivity (Wildman–Crippen MR) is 113 cm³/mol. The van der Waals surface area contributed by atoms with E-state index in [4.69, 9.17) is 28.8 Å². The van der Waals surface area contributed by atoms with Crippen LogP contribution in [0.3, 0.4) is 0 Å². The van der Waals surface area contributed by atoms with Crippen LogP contribution < -0.4 is 4.74 Å². The summed E-state index contributed by atoms with van der Waals surface area (Å²) in [5.41, 5.74) is 0.414. The molecule has 1 aromatic carbocycles. The van der Waals surface area contributed by atoms with Crippen molar-refractivity contribution in [2.75, 3.05) is 13.7 Å². The summed E-state index contributed by atoms with van der Waals surface area (Å²) in [6.07, 6.45) is 2.32. The Morgan fingerprint density at radius 1 is 1.18 bits per heavy atom. The van der Waals surface area contributed by atoms with Crippen LogP contribution in [-0.4, -0.2) is 48.4 Å². The summed E-state index contributed by atoms with van der Waals surface area (Å²) < 4.78 is 33.9. The molecule has 0 aromatic heterocycles. The van der Waals surface area contributed by atoms with Crippen molar-refractivity contribution in [1.29, 1.82) is 0 Å². The number of nitrogens with zero attached hydrogens (tertiary/aromatic N) is 1. The molecule has 5 saturated heterocycles. The smallest absolute Gasteiger partial charge is 0.233 e. The van der Waals surface area contributed by atoms with E-state index in [0.29, 0.717) is 25.3 Å². The minimum absolute atomic E-state index is 0.0336. The van der Waals surface area contributed by atoms with Crippen molar-refractivity contribution in [3.05, 3.63) is 29.3 Å². The molecule has 7 aliphatic rings. The van der Waals surface area contributed by atoms with Gasteiger partial charge in [0.2, 0.25) is 12.1 Å². The van der Waals surface area contributed by atoms with Gasteiger partial charge in [0, 0.05) is 25.3 Å². The van der Waals surface area contributed by atoms with E-state index in [1.165, 1.54) is 11.1 Å². The Labute approximate surface area is 193 Å². The second kappa shape index (κ2) is 6.89. The lowest BCUT2D eigenvalue weighted by atomic mass is 9.56. The average molecular weight is 462 g/mol. The fourth-order valence-electron chi connectivity index (χ4n) is 7.74. The third-order valence-electron chi connectivity index (χ3n) is 9.39. The molecule has 0 amide bonds.